The molecule has 1 aromatic heterocycles. The van der Waals surface area contributed by atoms with Crippen molar-refractivity contribution in [2.45, 2.75) is 6.54 Å². The van der Waals surface area contributed by atoms with E-state index in [-0.39, 0.29) is 12.4 Å². The molecule has 0 unspecified atom stereocenters. The summed E-state index contributed by atoms with van der Waals surface area (Å²) in [4.78, 5) is 10.8. The van der Waals surface area contributed by atoms with Crippen LogP contribution in [0.25, 0.3) is 5.57 Å². The number of allylic oxidation sites excluding steroid dienone is 2. The number of aromatic nitrogens is 2. The molecule has 102 valence electrons. The fourth-order valence-corrected chi connectivity index (χ4v) is 2.08. The van der Waals surface area contributed by atoms with Crippen LogP contribution < -0.4 is 0 Å². The molecule has 0 saturated carbocycles. The van der Waals surface area contributed by atoms with E-state index in [1.54, 1.807) is 12.4 Å². The topological polar surface area (TPSA) is 29.0 Å². The van der Waals surface area contributed by atoms with Crippen molar-refractivity contribution in [2.24, 2.45) is 0 Å². The van der Waals surface area contributed by atoms with Gasteiger partial charge in [0.25, 0.3) is 0 Å². The van der Waals surface area contributed by atoms with E-state index in [9.17, 15) is 0 Å². The SMILES string of the molecule is C1=CN(Cc2ccccc2)CC=C1c1ncccn1.Cl. The largest absolute Gasteiger partial charge is 0.369 e. The summed E-state index contributed by atoms with van der Waals surface area (Å²) >= 11 is 0. The molecule has 3 nitrogen and oxygen atoms in total. The van der Waals surface area contributed by atoms with Crippen molar-refractivity contribution in [2.75, 3.05) is 6.54 Å². The summed E-state index contributed by atoms with van der Waals surface area (Å²) in [7, 11) is 0. The molecule has 0 radical (unpaired) electrons. The molecular weight excluding hydrogens is 270 g/mol. The first-order valence-electron chi connectivity index (χ1n) is 6.35. The Morgan fingerprint density at radius 3 is 2.40 bits per heavy atom. The molecule has 2 aromatic rings. The van der Waals surface area contributed by atoms with Gasteiger partial charge in [0, 0.05) is 37.3 Å². The quantitative estimate of drug-likeness (QED) is 0.866. The van der Waals surface area contributed by atoms with E-state index in [2.05, 4.69) is 57.5 Å². The van der Waals surface area contributed by atoms with Gasteiger partial charge in [-0.2, -0.15) is 0 Å². The minimum Gasteiger partial charge on any atom is -0.369 e. The molecule has 0 saturated heterocycles. The Kier molecular flexibility index (Phi) is 4.91. The second kappa shape index (κ2) is 6.87. The highest BCUT2D eigenvalue weighted by Crippen LogP contribution is 2.16. The lowest BCUT2D eigenvalue weighted by molar-refractivity contribution is 0.406. The van der Waals surface area contributed by atoms with Crippen LogP contribution in [0.2, 0.25) is 0 Å². The Labute approximate surface area is 125 Å². The normalized spacial score (nSPS) is 13.6. The second-order valence-corrected chi connectivity index (χ2v) is 4.46. The van der Waals surface area contributed by atoms with Crippen molar-refractivity contribution in [3.05, 3.63) is 78.5 Å². The summed E-state index contributed by atoms with van der Waals surface area (Å²) < 4.78 is 0. The van der Waals surface area contributed by atoms with E-state index in [4.69, 9.17) is 0 Å². The zero-order valence-corrected chi connectivity index (χ0v) is 11.8. The van der Waals surface area contributed by atoms with Crippen LogP contribution >= 0.6 is 12.4 Å². The van der Waals surface area contributed by atoms with E-state index in [0.29, 0.717) is 0 Å². The third kappa shape index (κ3) is 3.45. The zero-order valence-electron chi connectivity index (χ0n) is 11.0. The van der Waals surface area contributed by atoms with Crippen LogP contribution in [0, 0.1) is 0 Å². The van der Waals surface area contributed by atoms with Crippen LogP contribution in [0.4, 0.5) is 0 Å². The third-order valence-electron chi connectivity index (χ3n) is 3.06. The lowest BCUT2D eigenvalue weighted by Crippen LogP contribution is -2.19. The summed E-state index contributed by atoms with van der Waals surface area (Å²) in [6.45, 7) is 1.82. The van der Waals surface area contributed by atoms with Gasteiger partial charge < -0.3 is 4.90 Å². The second-order valence-electron chi connectivity index (χ2n) is 4.46. The number of nitrogens with zero attached hydrogens (tertiary/aromatic N) is 3. The predicted molar refractivity (Wildman–Crippen MR) is 83.2 cm³/mol. The number of hydrogen-bond acceptors (Lipinski definition) is 3. The molecule has 0 fully saturated rings. The van der Waals surface area contributed by atoms with Crippen molar-refractivity contribution in [1.82, 2.24) is 14.9 Å². The molecule has 0 bridgehead atoms. The smallest absolute Gasteiger partial charge is 0.158 e. The van der Waals surface area contributed by atoms with Crippen molar-refractivity contribution < 1.29 is 0 Å². The van der Waals surface area contributed by atoms with Gasteiger partial charge in [-0.15, -0.1) is 12.4 Å². The standard InChI is InChI=1S/C16H15N3.ClH/c1-2-5-14(6-3-1)13-19-11-7-15(8-12-19)16-17-9-4-10-18-16;/h1-11H,12-13H2;1H. The Hall–Kier alpha value is -2.13. The number of rotatable bonds is 3. The highest BCUT2D eigenvalue weighted by atomic mass is 35.5. The summed E-state index contributed by atoms with van der Waals surface area (Å²) in [5.74, 6) is 0.790. The van der Waals surface area contributed by atoms with Gasteiger partial charge >= 0.3 is 0 Å². The fraction of sp³-hybridized carbons (Fsp3) is 0.125. The van der Waals surface area contributed by atoms with Crippen LogP contribution in [-0.2, 0) is 6.54 Å². The Morgan fingerprint density at radius 1 is 1.00 bits per heavy atom. The molecule has 3 rings (SSSR count). The van der Waals surface area contributed by atoms with Gasteiger partial charge in [-0.05, 0) is 17.7 Å². The summed E-state index contributed by atoms with van der Waals surface area (Å²) in [6, 6.07) is 12.3. The molecule has 1 aromatic carbocycles. The summed E-state index contributed by atoms with van der Waals surface area (Å²) in [5.41, 5.74) is 2.41. The van der Waals surface area contributed by atoms with Crippen LogP contribution in [0.5, 0.6) is 0 Å². The lowest BCUT2D eigenvalue weighted by Gasteiger charge is -2.22. The van der Waals surface area contributed by atoms with Crippen molar-refractivity contribution in [3.8, 4) is 0 Å². The maximum absolute atomic E-state index is 4.26. The Morgan fingerprint density at radius 2 is 1.75 bits per heavy atom. The maximum atomic E-state index is 4.26. The van der Waals surface area contributed by atoms with E-state index in [1.165, 1.54) is 5.56 Å². The minimum atomic E-state index is 0. The molecule has 0 N–H and O–H groups in total. The van der Waals surface area contributed by atoms with Crippen molar-refractivity contribution in [1.29, 1.82) is 0 Å². The Bertz CT molecular complexity index is 594. The van der Waals surface area contributed by atoms with Gasteiger partial charge in [-0.1, -0.05) is 36.4 Å². The average Bonchev–Trinajstić information content (AvgIpc) is 2.50. The highest BCUT2D eigenvalue weighted by Gasteiger charge is 2.08. The van der Waals surface area contributed by atoms with E-state index < -0.39 is 0 Å². The summed E-state index contributed by atoms with van der Waals surface area (Å²) in [5, 5.41) is 0. The third-order valence-corrected chi connectivity index (χ3v) is 3.06. The number of benzene rings is 1. The minimum absolute atomic E-state index is 0. The van der Waals surface area contributed by atoms with Crippen LogP contribution in [0.1, 0.15) is 11.4 Å². The molecule has 4 heteroatoms. The number of hydrogen-bond donors (Lipinski definition) is 0. The predicted octanol–water partition coefficient (Wildman–Crippen LogP) is 3.31. The van der Waals surface area contributed by atoms with Gasteiger partial charge in [0.05, 0.1) is 0 Å². The van der Waals surface area contributed by atoms with Gasteiger partial charge in [0.1, 0.15) is 0 Å². The van der Waals surface area contributed by atoms with Gasteiger partial charge in [-0.25, -0.2) is 9.97 Å². The molecule has 1 aliphatic heterocycles. The molecule has 0 aliphatic carbocycles. The van der Waals surface area contributed by atoms with Crippen molar-refractivity contribution >= 4 is 18.0 Å². The van der Waals surface area contributed by atoms with Crippen LogP contribution in [-0.4, -0.2) is 21.4 Å². The molecular formula is C16H16ClN3. The lowest BCUT2D eigenvalue weighted by atomic mass is 10.1. The molecule has 0 spiro atoms. The van der Waals surface area contributed by atoms with Gasteiger partial charge in [0.15, 0.2) is 5.82 Å². The maximum Gasteiger partial charge on any atom is 0.158 e. The van der Waals surface area contributed by atoms with Gasteiger partial charge in [0.2, 0.25) is 0 Å². The molecule has 20 heavy (non-hydrogen) atoms. The first kappa shape index (κ1) is 14.3. The van der Waals surface area contributed by atoms with Gasteiger partial charge in [-0.3, -0.25) is 0 Å². The van der Waals surface area contributed by atoms with E-state index >= 15 is 0 Å². The first-order chi connectivity index (χ1) is 9.42. The fourth-order valence-electron chi connectivity index (χ4n) is 2.08. The average molecular weight is 286 g/mol. The van der Waals surface area contributed by atoms with Crippen LogP contribution in [0.15, 0.2) is 67.1 Å². The number of halogens is 1. The molecule has 0 amide bonds. The zero-order chi connectivity index (χ0) is 12.9. The molecule has 2 heterocycles. The van der Waals surface area contributed by atoms with Crippen LogP contribution in [0.3, 0.4) is 0 Å². The monoisotopic (exact) mass is 285 g/mol. The van der Waals surface area contributed by atoms with E-state index in [1.807, 2.05) is 12.1 Å². The molecule has 1 aliphatic rings. The summed E-state index contributed by atoms with van der Waals surface area (Å²) in [6.07, 6.45) is 9.89. The molecule has 0 atom stereocenters. The first-order valence-corrected chi connectivity index (χ1v) is 6.35. The Balaban J connectivity index is 0.00000147. The van der Waals surface area contributed by atoms with Crippen molar-refractivity contribution in [3.63, 3.8) is 0 Å². The highest BCUT2D eigenvalue weighted by molar-refractivity contribution is 5.85. The van der Waals surface area contributed by atoms with E-state index in [0.717, 1.165) is 24.5 Å².